The average Bonchev–Trinajstić information content (AvgIpc) is 2.45. The Morgan fingerprint density at radius 2 is 1.71 bits per heavy atom. The third-order valence-electron chi connectivity index (χ3n) is 4.29. The van der Waals surface area contributed by atoms with Gasteiger partial charge in [0.15, 0.2) is 0 Å². The number of esters is 1. The molecule has 0 aromatic heterocycles. The largest absolute Gasteiger partial charge is 0.508 e. The molecule has 2 N–H and O–H groups in total. The van der Waals surface area contributed by atoms with E-state index in [1.807, 2.05) is 47.6 Å². The Labute approximate surface area is 145 Å². The highest BCUT2D eigenvalue weighted by Crippen LogP contribution is 2.36. The number of aliphatic hydroxyl groups excluding tert-OH is 1. The minimum Gasteiger partial charge on any atom is -0.508 e. The molecule has 0 aliphatic rings. The maximum Gasteiger partial charge on any atom is 0.316 e. The van der Waals surface area contributed by atoms with E-state index in [9.17, 15) is 15.0 Å². The maximum absolute atomic E-state index is 12.9. The monoisotopic (exact) mass is 336 g/mol. The lowest BCUT2D eigenvalue weighted by molar-refractivity contribution is -0.162. The van der Waals surface area contributed by atoms with Crippen molar-refractivity contribution in [1.29, 1.82) is 0 Å². The zero-order chi connectivity index (χ0) is 18.6. The lowest BCUT2D eigenvalue weighted by Crippen LogP contribution is -2.39. The molecule has 0 aliphatic carbocycles. The van der Waals surface area contributed by atoms with Crippen molar-refractivity contribution in [1.82, 2.24) is 0 Å². The number of carbonyl (C=O) groups excluding carboxylic acids is 1. The molecular formula is C20H32O4. The zero-order valence-electron chi connectivity index (χ0n) is 15.8. The van der Waals surface area contributed by atoms with Gasteiger partial charge in [-0.15, -0.1) is 0 Å². The quantitative estimate of drug-likeness (QED) is 0.733. The van der Waals surface area contributed by atoms with E-state index in [-0.39, 0.29) is 23.7 Å². The van der Waals surface area contributed by atoms with Crippen molar-refractivity contribution in [3.05, 3.63) is 29.8 Å². The average molecular weight is 336 g/mol. The molecule has 1 unspecified atom stereocenters. The number of rotatable bonds is 7. The predicted octanol–water partition coefficient (Wildman–Crippen LogP) is 4.18. The minimum absolute atomic E-state index is 0.113. The summed E-state index contributed by atoms with van der Waals surface area (Å²) in [6, 6.07) is 6.81. The van der Waals surface area contributed by atoms with E-state index < -0.39 is 11.0 Å². The first-order valence-corrected chi connectivity index (χ1v) is 8.53. The molecule has 0 saturated heterocycles. The van der Waals surface area contributed by atoms with Crippen LogP contribution in [-0.2, 0) is 14.9 Å². The second-order valence-corrected chi connectivity index (χ2v) is 8.56. The van der Waals surface area contributed by atoms with Gasteiger partial charge in [-0.2, -0.15) is 0 Å². The summed E-state index contributed by atoms with van der Waals surface area (Å²) in [5.74, 6) is -0.152. The van der Waals surface area contributed by atoms with Gasteiger partial charge in [-0.25, -0.2) is 0 Å². The first-order valence-electron chi connectivity index (χ1n) is 8.53. The minimum atomic E-state index is -0.836. The van der Waals surface area contributed by atoms with Crippen molar-refractivity contribution in [2.24, 2.45) is 5.41 Å². The molecule has 24 heavy (non-hydrogen) atoms. The van der Waals surface area contributed by atoms with E-state index in [4.69, 9.17) is 4.74 Å². The number of aromatic hydroxyl groups is 1. The van der Waals surface area contributed by atoms with Gasteiger partial charge in [0.05, 0.1) is 5.41 Å². The molecule has 1 atom stereocenters. The third-order valence-corrected chi connectivity index (χ3v) is 4.29. The van der Waals surface area contributed by atoms with Crippen LogP contribution in [0, 0.1) is 5.41 Å². The maximum atomic E-state index is 12.9. The summed E-state index contributed by atoms with van der Waals surface area (Å²) in [6.07, 6.45) is 2.18. The van der Waals surface area contributed by atoms with Crippen molar-refractivity contribution < 1.29 is 19.7 Å². The lowest BCUT2D eigenvalue weighted by Gasteiger charge is -2.33. The van der Waals surface area contributed by atoms with Crippen LogP contribution in [0.25, 0.3) is 0 Å². The van der Waals surface area contributed by atoms with Gasteiger partial charge in [-0.3, -0.25) is 4.79 Å². The Hall–Kier alpha value is -1.55. The highest BCUT2D eigenvalue weighted by molar-refractivity contribution is 5.83. The number of benzene rings is 1. The van der Waals surface area contributed by atoms with Crippen LogP contribution in [0.4, 0.5) is 0 Å². The second kappa shape index (κ2) is 7.56. The number of carbonyl (C=O) groups is 1. The molecule has 0 spiro atoms. The summed E-state index contributed by atoms with van der Waals surface area (Å²) in [6.45, 7) is 11.5. The van der Waals surface area contributed by atoms with Gasteiger partial charge in [0.25, 0.3) is 0 Å². The van der Waals surface area contributed by atoms with E-state index in [0.29, 0.717) is 6.42 Å². The molecular weight excluding hydrogens is 304 g/mol. The number of phenols is 1. The molecule has 0 amide bonds. The van der Waals surface area contributed by atoms with E-state index in [1.54, 1.807) is 18.2 Å². The van der Waals surface area contributed by atoms with Crippen molar-refractivity contribution in [3.63, 3.8) is 0 Å². The first-order chi connectivity index (χ1) is 10.9. The van der Waals surface area contributed by atoms with Crippen LogP contribution in [0.3, 0.4) is 0 Å². The molecule has 1 aromatic rings. The van der Waals surface area contributed by atoms with Gasteiger partial charge in [-0.1, -0.05) is 32.4 Å². The number of aliphatic hydroxyl groups is 1. The van der Waals surface area contributed by atoms with Crippen molar-refractivity contribution >= 4 is 5.97 Å². The van der Waals surface area contributed by atoms with Crippen LogP contribution in [0.15, 0.2) is 24.3 Å². The summed E-state index contributed by atoms with van der Waals surface area (Å²) in [5.41, 5.74) is -0.830. The summed E-state index contributed by atoms with van der Waals surface area (Å²) in [7, 11) is 0. The van der Waals surface area contributed by atoms with E-state index in [1.165, 1.54) is 0 Å². The summed E-state index contributed by atoms with van der Waals surface area (Å²) in [5, 5.41) is 19.2. The highest BCUT2D eigenvalue weighted by Gasteiger charge is 2.39. The Balaban J connectivity index is 3.05. The fourth-order valence-electron chi connectivity index (χ4n) is 2.60. The molecule has 0 aliphatic heterocycles. The Morgan fingerprint density at radius 3 is 2.21 bits per heavy atom. The van der Waals surface area contributed by atoms with Gasteiger partial charge in [-0.05, 0) is 63.6 Å². The van der Waals surface area contributed by atoms with Gasteiger partial charge >= 0.3 is 5.97 Å². The van der Waals surface area contributed by atoms with Crippen LogP contribution in [0.2, 0.25) is 0 Å². The molecule has 0 radical (unpaired) electrons. The lowest BCUT2D eigenvalue weighted by atomic mass is 9.76. The van der Waals surface area contributed by atoms with E-state index >= 15 is 0 Å². The van der Waals surface area contributed by atoms with E-state index in [0.717, 1.165) is 18.4 Å². The smallest absolute Gasteiger partial charge is 0.316 e. The van der Waals surface area contributed by atoms with Crippen LogP contribution in [-0.4, -0.2) is 28.4 Å². The van der Waals surface area contributed by atoms with Crippen LogP contribution < -0.4 is 0 Å². The van der Waals surface area contributed by atoms with Gasteiger partial charge in [0.2, 0.25) is 0 Å². The molecule has 1 aromatic carbocycles. The second-order valence-electron chi connectivity index (χ2n) is 8.56. The molecule has 0 saturated carbocycles. The molecule has 0 bridgehead atoms. The molecule has 4 nitrogen and oxygen atoms in total. The molecule has 4 heteroatoms. The number of hydrogen-bond acceptors (Lipinski definition) is 4. The topological polar surface area (TPSA) is 66.8 Å². The van der Waals surface area contributed by atoms with Crippen LogP contribution >= 0.6 is 0 Å². The number of ether oxygens (including phenoxy) is 1. The summed E-state index contributed by atoms with van der Waals surface area (Å²) in [4.78, 5) is 12.9. The fourth-order valence-corrected chi connectivity index (χ4v) is 2.60. The summed E-state index contributed by atoms with van der Waals surface area (Å²) >= 11 is 0. The normalized spacial score (nSPS) is 15.0. The van der Waals surface area contributed by atoms with Gasteiger partial charge in [0.1, 0.15) is 11.4 Å². The van der Waals surface area contributed by atoms with Crippen LogP contribution in [0.1, 0.15) is 66.4 Å². The molecule has 1 rings (SSSR count). The summed E-state index contributed by atoms with van der Waals surface area (Å²) < 4.78 is 5.64. The fraction of sp³-hybridized carbons (Fsp3) is 0.650. The predicted molar refractivity (Wildman–Crippen MR) is 96.0 cm³/mol. The zero-order valence-corrected chi connectivity index (χ0v) is 15.8. The van der Waals surface area contributed by atoms with Crippen LogP contribution in [0.5, 0.6) is 5.75 Å². The Bertz CT molecular complexity index is 557. The number of hydrogen-bond donors (Lipinski definition) is 2. The van der Waals surface area contributed by atoms with Gasteiger partial charge in [0, 0.05) is 6.61 Å². The van der Waals surface area contributed by atoms with Crippen molar-refractivity contribution in [2.75, 3.05) is 6.61 Å². The van der Waals surface area contributed by atoms with Gasteiger partial charge < -0.3 is 14.9 Å². The molecule has 136 valence electrons. The first kappa shape index (κ1) is 20.5. The number of phenolic OH excluding ortho intramolecular Hbond substituents is 1. The SMILES string of the molecule is CC(C)(CO)CCCC(C)(C(=O)OC(C)(C)C)c1cccc(O)c1. The van der Waals surface area contributed by atoms with Crippen molar-refractivity contribution in [2.45, 2.75) is 71.8 Å². The van der Waals surface area contributed by atoms with E-state index in [2.05, 4.69) is 0 Å². The molecule has 0 fully saturated rings. The Morgan fingerprint density at radius 1 is 1.08 bits per heavy atom. The highest BCUT2D eigenvalue weighted by atomic mass is 16.6. The van der Waals surface area contributed by atoms with Crippen molar-refractivity contribution in [3.8, 4) is 5.75 Å². The standard InChI is InChI=1S/C20H32O4/c1-18(2,3)24-17(23)20(6,12-8-11-19(4,5)14-21)15-9-7-10-16(22)13-15/h7,9-10,13,21-22H,8,11-12,14H2,1-6H3. The Kier molecular flexibility index (Phi) is 6.45. The molecule has 0 heterocycles. The third kappa shape index (κ3) is 5.82.